The number of aromatic nitrogens is 1. The third-order valence-electron chi connectivity index (χ3n) is 4.43. The van der Waals surface area contributed by atoms with Gasteiger partial charge in [-0.3, -0.25) is 9.78 Å². The molecule has 1 saturated heterocycles. The van der Waals surface area contributed by atoms with Gasteiger partial charge in [0.05, 0.1) is 16.8 Å². The van der Waals surface area contributed by atoms with Crippen LogP contribution in [0.1, 0.15) is 43.6 Å². The Balaban J connectivity index is 1.93. The minimum atomic E-state index is -0.528. The molecule has 5 nitrogen and oxygen atoms in total. The van der Waals surface area contributed by atoms with Crippen molar-refractivity contribution in [3.05, 3.63) is 23.4 Å². The van der Waals surface area contributed by atoms with Crippen molar-refractivity contribution in [3.8, 4) is 0 Å². The van der Waals surface area contributed by atoms with E-state index in [-0.39, 0.29) is 5.91 Å². The lowest BCUT2D eigenvalue weighted by Gasteiger charge is -2.32. The van der Waals surface area contributed by atoms with Crippen molar-refractivity contribution in [1.82, 2.24) is 10.3 Å². The van der Waals surface area contributed by atoms with Gasteiger partial charge in [-0.1, -0.05) is 0 Å². The van der Waals surface area contributed by atoms with Gasteiger partial charge in [-0.15, -0.1) is 0 Å². The fraction of sp³-hybridized carbons (Fsp3) is 0.571. The second-order valence-corrected chi connectivity index (χ2v) is 6.36. The van der Waals surface area contributed by atoms with E-state index in [9.17, 15) is 4.79 Å². The molecule has 0 atom stereocenters. The quantitative estimate of drug-likeness (QED) is 0.764. The summed E-state index contributed by atoms with van der Waals surface area (Å²) in [4.78, 5) is 16.3. The molecule has 0 saturated carbocycles. The standard InChI is InChI=1S/C14H19BN2O3/c1-13(2)14(3,4)20-15(19-13)11-7-10-9(8-17-11)5-6-16-12(10)18/h7-8H,5-6H2,1-4H3,(H,16,18). The maximum atomic E-state index is 11.9. The zero-order chi connectivity index (χ0) is 14.5. The molecule has 1 amide bonds. The van der Waals surface area contributed by atoms with Crippen LogP contribution in [0.3, 0.4) is 0 Å². The molecule has 1 fully saturated rings. The maximum Gasteiger partial charge on any atom is 0.514 e. The summed E-state index contributed by atoms with van der Waals surface area (Å²) >= 11 is 0. The number of hydrogen-bond acceptors (Lipinski definition) is 4. The lowest BCUT2D eigenvalue weighted by atomic mass is 9.82. The first-order chi connectivity index (χ1) is 9.30. The largest absolute Gasteiger partial charge is 0.514 e. The van der Waals surface area contributed by atoms with Crippen LogP contribution in [0.15, 0.2) is 12.3 Å². The SMILES string of the molecule is CC1(C)OB(c2cc3c(cn2)CCNC3=O)OC1(C)C. The Morgan fingerprint density at radius 1 is 1.25 bits per heavy atom. The molecule has 0 bridgehead atoms. The van der Waals surface area contributed by atoms with Crippen molar-refractivity contribution >= 4 is 18.6 Å². The first-order valence-corrected chi connectivity index (χ1v) is 6.93. The number of amides is 1. The van der Waals surface area contributed by atoms with Gasteiger partial charge in [0.2, 0.25) is 0 Å². The Kier molecular flexibility index (Phi) is 2.92. The number of carbonyl (C=O) groups excluding carboxylic acids is 1. The molecule has 1 aromatic heterocycles. The molecular weight excluding hydrogens is 255 g/mol. The summed E-state index contributed by atoms with van der Waals surface area (Å²) in [5, 5.41) is 2.84. The van der Waals surface area contributed by atoms with E-state index in [1.165, 1.54) is 0 Å². The molecule has 1 N–H and O–H groups in total. The Bertz CT molecular complexity index is 556. The first kappa shape index (κ1) is 13.6. The molecule has 0 aliphatic carbocycles. The van der Waals surface area contributed by atoms with Gasteiger partial charge in [0.1, 0.15) is 0 Å². The van der Waals surface area contributed by atoms with Gasteiger partial charge in [-0.2, -0.15) is 0 Å². The van der Waals surface area contributed by atoms with Gasteiger partial charge < -0.3 is 14.6 Å². The fourth-order valence-electron chi connectivity index (χ4n) is 2.41. The Morgan fingerprint density at radius 2 is 1.90 bits per heavy atom. The third kappa shape index (κ3) is 2.03. The molecule has 20 heavy (non-hydrogen) atoms. The highest BCUT2D eigenvalue weighted by Gasteiger charge is 2.52. The third-order valence-corrected chi connectivity index (χ3v) is 4.43. The van der Waals surface area contributed by atoms with E-state index in [1.54, 1.807) is 12.3 Å². The highest BCUT2D eigenvalue weighted by molar-refractivity contribution is 6.61. The summed E-state index contributed by atoms with van der Waals surface area (Å²) in [6, 6.07) is 1.78. The van der Waals surface area contributed by atoms with Gasteiger partial charge in [-0.05, 0) is 45.7 Å². The average Bonchev–Trinajstić information content (AvgIpc) is 2.59. The highest BCUT2D eigenvalue weighted by Crippen LogP contribution is 2.36. The molecule has 3 rings (SSSR count). The molecule has 2 aliphatic heterocycles. The Labute approximate surface area is 119 Å². The smallest absolute Gasteiger partial charge is 0.398 e. The van der Waals surface area contributed by atoms with Crippen LogP contribution in [0.2, 0.25) is 0 Å². The molecule has 6 heteroatoms. The molecule has 1 aromatic rings. The lowest BCUT2D eigenvalue weighted by molar-refractivity contribution is 0.00578. The summed E-state index contributed by atoms with van der Waals surface area (Å²) in [6.07, 6.45) is 2.58. The van der Waals surface area contributed by atoms with Crippen LogP contribution in [0.4, 0.5) is 0 Å². The molecule has 2 aliphatic rings. The number of rotatable bonds is 1. The molecular formula is C14H19BN2O3. The van der Waals surface area contributed by atoms with E-state index >= 15 is 0 Å². The molecule has 106 valence electrons. The monoisotopic (exact) mass is 274 g/mol. The summed E-state index contributed by atoms with van der Waals surface area (Å²) in [5.41, 5.74) is 1.50. The number of nitrogens with one attached hydrogen (secondary N) is 1. The van der Waals surface area contributed by atoms with E-state index in [1.807, 2.05) is 27.7 Å². The van der Waals surface area contributed by atoms with Crippen molar-refractivity contribution in [2.24, 2.45) is 0 Å². The van der Waals surface area contributed by atoms with Crippen LogP contribution in [0.5, 0.6) is 0 Å². The van der Waals surface area contributed by atoms with E-state index in [2.05, 4.69) is 10.3 Å². The van der Waals surface area contributed by atoms with Crippen LogP contribution in [0.25, 0.3) is 0 Å². The number of fused-ring (bicyclic) bond motifs is 1. The van der Waals surface area contributed by atoms with Gasteiger partial charge in [0.15, 0.2) is 0 Å². The van der Waals surface area contributed by atoms with Crippen LogP contribution in [0, 0.1) is 0 Å². The van der Waals surface area contributed by atoms with Crippen molar-refractivity contribution in [2.45, 2.75) is 45.3 Å². The number of nitrogens with zero attached hydrogens (tertiary/aromatic N) is 1. The fourth-order valence-corrected chi connectivity index (χ4v) is 2.41. The lowest BCUT2D eigenvalue weighted by Crippen LogP contribution is -2.41. The molecule has 3 heterocycles. The van der Waals surface area contributed by atoms with Crippen molar-refractivity contribution in [2.75, 3.05) is 6.54 Å². The van der Waals surface area contributed by atoms with Gasteiger partial charge in [0.25, 0.3) is 5.91 Å². The minimum absolute atomic E-state index is 0.0496. The second kappa shape index (κ2) is 4.30. The van der Waals surface area contributed by atoms with Crippen LogP contribution in [-0.2, 0) is 15.7 Å². The van der Waals surface area contributed by atoms with Gasteiger partial charge >= 0.3 is 7.12 Å². The van der Waals surface area contributed by atoms with E-state index in [4.69, 9.17) is 9.31 Å². The summed E-state index contributed by atoms with van der Waals surface area (Å²) in [6.45, 7) is 8.66. The Morgan fingerprint density at radius 3 is 2.55 bits per heavy atom. The zero-order valence-corrected chi connectivity index (χ0v) is 12.3. The van der Waals surface area contributed by atoms with Crippen LogP contribution >= 0.6 is 0 Å². The van der Waals surface area contributed by atoms with Crippen molar-refractivity contribution in [1.29, 1.82) is 0 Å². The molecule has 0 aromatic carbocycles. The summed E-state index contributed by atoms with van der Waals surface area (Å²) in [7, 11) is -0.528. The first-order valence-electron chi connectivity index (χ1n) is 6.93. The topological polar surface area (TPSA) is 60.5 Å². The van der Waals surface area contributed by atoms with E-state index < -0.39 is 18.3 Å². The zero-order valence-electron chi connectivity index (χ0n) is 12.3. The Hall–Kier alpha value is -1.40. The molecule has 0 radical (unpaired) electrons. The predicted molar refractivity (Wildman–Crippen MR) is 76.0 cm³/mol. The number of pyridine rings is 1. The summed E-state index contributed by atoms with van der Waals surface area (Å²) in [5.74, 6) is -0.0496. The van der Waals surface area contributed by atoms with Gasteiger partial charge in [-0.25, -0.2) is 0 Å². The van der Waals surface area contributed by atoms with Crippen molar-refractivity contribution < 1.29 is 14.1 Å². The summed E-state index contributed by atoms with van der Waals surface area (Å²) < 4.78 is 11.9. The number of hydrogen-bond donors (Lipinski definition) is 1. The van der Waals surface area contributed by atoms with E-state index in [0.29, 0.717) is 17.7 Å². The maximum absolute atomic E-state index is 11.9. The highest BCUT2D eigenvalue weighted by atomic mass is 16.7. The second-order valence-electron chi connectivity index (χ2n) is 6.36. The number of carbonyl (C=O) groups is 1. The van der Waals surface area contributed by atoms with Gasteiger partial charge in [0, 0.05) is 18.3 Å². The average molecular weight is 274 g/mol. The van der Waals surface area contributed by atoms with Crippen molar-refractivity contribution in [3.63, 3.8) is 0 Å². The van der Waals surface area contributed by atoms with Crippen LogP contribution < -0.4 is 10.9 Å². The minimum Gasteiger partial charge on any atom is -0.398 e. The predicted octanol–water partition coefficient (Wildman–Crippen LogP) is 0.667. The normalized spacial score (nSPS) is 23.4. The van der Waals surface area contributed by atoms with Crippen LogP contribution in [-0.4, -0.2) is 35.8 Å². The van der Waals surface area contributed by atoms with E-state index in [0.717, 1.165) is 12.0 Å². The molecule has 0 unspecified atom stereocenters. The molecule has 0 spiro atoms.